The molecule has 5 nitrogen and oxygen atoms in total. The van der Waals surface area contributed by atoms with Crippen molar-refractivity contribution in [1.29, 1.82) is 0 Å². The van der Waals surface area contributed by atoms with Crippen LogP contribution in [-0.4, -0.2) is 48.6 Å². The summed E-state index contributed by atoms with van der Waals surface area (Å²) in [4.78, 5) is 13.9. The van der Waals surface area contributed by atoms with Crippen LogP contribution < -0.4 is 5.32 Å². The Kier molecular flexibility index (Phi) is 6.05. The average molecular weight is 373 g/mol. The van der Waals surface area contributed by atoms with E-state index in [9.17, 15) is 13.2 Å². The van der Waals surface area contributed by atoms with Crippen molar-refractivity contribution in [3.05, 3.63) is 35.4 Å². The highest BCUT2D eigenvalue weighted by Gasteiger charge is 2.34. The molecule has 1 aromatic carbocycles. The van der Waals surface area contributed by atoms with Crippen molar-refractivity contribution in [2.75, 3.05) is 18.3 Å². The van der Waals surface area contributed by atoms with Gasteiger partial charge in [0.25, 0.3) is 5.91 Å². The summed E-state index contributed by atoms with van der Waals surface area (Å²) in [7, 11) is -3.04. The first-order chi connectivity index (χ1) is 10.8. The number of carbonyl (C=O) groups is 1. The Morgan fingerprint density at radius 1 is 1.26 bits per heavy atom. The van der Waals surface area contributed by atoms with Crippen LogP contribution in [0.2, 0.25) is 0 Å². The van der Waals surface area contributed by atoms with Gasteiger partial charge in [-0.3, -0.25) is 9.69 Å². The highest BCUT2D eigenvalue weighted by atomic mass is 32.2. The van der Waals surface area contributed by atoms with Gasteiger partial charge in [0, 0.05) is 6.26 Å². The fourth-order valence-corrected chi connectivity index (χ4v) is 3.95. The molecule has 8 heteroatoms. The van der Waals surface area contributed by atoms with Crippen molar-refractivity contribution in [2.45, 2.75) is 24.8 Å². The SMILES string of the molecule is CSCC[C@H]1NC(=S)N(Cc2ccc(CS(C)(=O)=O)cc2)C1=O. The number of hydrogen-bond donors (Lipinski definition) is 1. The Hall–Kier alpha value is -1.12. The zero-order valence-corrected chi connectivity index (χ0v) is 15.6. The molecule has 1 heterocycles. The van der Waals surface area contributed by atoms with Crippen LogP contribution in [0.3, 0.4) is 0 Å². The molecule has 126 valence electrons. The largest absolute Gasteiger partial charge is 0.350 e. The quantitative estimate of drug-likeness (QED) is 0.733. The number of nitrogens with one attached hydrogen (secondary N) is 1. The van der Waals surface area contributed by atoms with Gasteiger partial charge in [-0.25, -0.2) is 8.42 Å². The standard InChI is InChI=1S/C15H20N2O3S3/c1-22-8-7-13-14(18)17(15(21)16-13)9-11-3-5-12(6-4-11)10-23(2,19)20/h3-6,13H,7-10H2,1-2H3,(H,16,21)/t13-/m1/s1. The number of nitrogens with zero attached hydrogens (tertiary/aromatic N) is 1. The first-order valence-corrected chi connectivity index (χ1v) is 11.0. The van der Waals surface area contributed by atoms with E-state index in [1.54, 1.807) is 28.8 Å². The number of sulfone groups is 1. The Bertz CT molecular complexity index is 686. The van der Waals surface area contributed by atoms with E-state index < -0.39 is 9.84 Å². The maximum Gasteiger partial charge on any atom is 0.251 e. The number of hydrogen-bond acceptors (Lipinski definition) is 5. The lowest BCUT2D eigenvalue weighted by atomic mass is 10.1. The van der Waals surface area contributed by atoms with E-state index in [2.05, 4.69) is 5.32 Å². The minimum Gasteiger partial charge on any atom is -0.350 e. The minimum atomic E-state index is -3.04. The van der Waals surface area contributed by atoms with Crippen LogP contribution in [-0.2, 0) is 26.9 Å². The van der Waals surface area contributed by atoms with Crippen molar-refractivity contribution < 1.29 is 13.2 Å². The Balaban J connectivity index is 2.01. The van der Waals surface area contributed by atoms with Gasteiger partial charge >= 0.3 is 0 Å². The number of thiocarbonyl (C=S) groups is 1. The third-order valence-electron chi connectivity index (χ3n) is 3.51. The van der Waals surface area contributed by atoms with Crippen molar-refractivity contribution in [3.8, 4) is 0 Å². The first kappa shape index (κ1) is 18.2. The molecular weight excluding hydrogens is 352 g/mol. The molecule has 0 bridgehead atoms. The van der Waals surface area contributed by atoms with E-state index >= 15 is 0 Å². The molecular formula is C15H20N2O3S3. The molecule has 1 saturated heterocycles. The summed E-state index contributed by atoms with van der Waals surface area (Å²) in [6.45, 7) is 0.402. The number of carbonyl (C=O) groups excluding carboxylic acids is 1. The molecule has 1 aromatic rings. The van der Waals surface area contributed by atoms with Gasteiger partial charge in [0.05, 0.1) is 12.3 Å². The van der Waals surface area contributed by atoms with Crippen molar-refractivity contribution >= 4 is 44.8 Å². The zero-order chi connectivity index (χ0) is 17.0. The topological polar surface area (TPSA) is 66.5 Å². The molecule has 1 N–H and O–H groups in total. The van der Waals surface area contributed by atoms with Crippen LogP contribution in [0, 0.1) is 0 Å². The Labute approximate surface area is 146 Å². The summed E-state index contributed by atoms with van der Waals surface area (Å²) in [5, 5.41) is 3.53. The molecule has 1 fully saturated rings. The van der Waals surface area contributed by atoms with Crippen LogP contribution in [0.15, 0.2) is 24.3 Å². The maximum absolute atomic E-state index is 12.4. The van der Waals surface area contributed by atoms with Gasteiger partial charge in [0.15, 0.2) is 14.9 Å². The molecule has 1 aliphatic heterocycles. The molecule has 23 heavy (non-hydrogen) atoms. The molecule has 0 unspecified atom stereocenters. The Morgan fingerprint density at radius 3 is 2.43 bits per heavy atom. The van der Waals surface area contributed by atoms with E-state index in [0.29, 0.717) is 11.7 Å². The molecule has 0 aliphatic carbocycles. The summed E-state index contributed by atoms with van der Waals surface area (Å²) < 4.78 is 22.6. The summed E-state index contributed by atoms with van der Waals surface area (Å²) in [5.74, 6) is 0.927. The predicted molar refractivity (Wildman–Crippen MR) is 98.1 cm³/mol. The van der Waals surface area contributed by atoms with Crippen LogP contribution in [0.4, 0.5) is 0 Å². The van der Waals surface area contributed by atoms with E-state index in [1.807, 2.05) is 18.4 Å². The highest BCUT2D eigenvalue weighted by Crippen LogP contribution is 2.16. The smallest absolute Gasteiger partial charge is 0.251 e. The van der Waals surface area contributed by atoms with Gasteiger partial charge in [-0.05, 0) is 41.8 Å². The van der Waals surface area contributed by atoms with E-state index in [1.165, 1.54) is 6.26 Å². The molecule has 0 saturated carbocycles. The number of thioether (sulfide) groups is 1. The lowest BCUT2D eigenvalue weighted by Crippen LogP contribution is -2.31. The average Bonchev–Trinajstić information content (AvgIpc) is 2.73. The van der Waals surface area contributed by atoms with E-state index in [0.717, 1.165) is 23.3 Å². The van der Waals surface area contributed by atoms with Crippen molar-refractivity contribution in [3.63, 3.8) is 0 Å². The third-order valence-corrected chi connectivity index (χ3v) is 5.35. The first-order valence-electron chi connectivity index (χ1n) is 7.16. The molecule has 2 rings (SSSR count). The van der Waals surface area contributed by atoms with Crippen LogP contribution in [0.25, 0.3) is 0 Å². The molecule has 0 aromatic heterocycles. The molecule has 1 atom stereocenters. The Morgan fingerprint density at radius 2 is 1.87 bits per heavy atom. The maximum atomic E-state index is 12.4. The van der Waals surface area contributed by atoms with Crippen molar-refractivity contribution in [1.82, 2.24) is 10.2 Å². The zero-order valence-electron chi connectivity index (χ0n) is 13.1. The number of rotatable bonds is 7. The normalized spacial score (nSPS) is 18.3. The van der Waals surface area contributed by atoms with Gasteiger partial charge in [0.2, 0.25) is 0 Å². The summed E-state index contributed by atoms with van der Waals surface area (Å²) in [6.07, 6.45) is 3.97. The summed E-state index contributed by atoms with van der Waals surface area (Å²) in [6, 6.07) is 6.99. The molecule has 0 radical (unpaired) electrons. The fourth-order valence-electron chi connectivity index (χ4n) is 2.38. The second kappa shape index (κ2) is 7.63. The van der Waals surface area contributed by atoms with Gasteiger partial charge in [0.1, 0.15) is 6.04 Å². The third kappa shape index (κ3) is 5.19. The number of benzene rings is 1. The van der Waals surface area contributed by atoms with Gasteiger partial charge in [-0.2, -0.15) is 11.8 Å². The van der Waals surface area contributed by atoms with Gasteiger partial charge < -0.3 is 5.32 Å². The molecule has 1 amide bonds. The van der Waals surface area contributed by atoms with Crippen LogP contribution in [0.5, 0.6) is 0 Å². The highest BCUT2D eigenvalue weighted by molar-refractivity contribution is 7.98. The van der Waals surface area contributed by atoms with Gasteiger partial charge in [-0.1, -0.05) is 24.3 Å². The lowest BCUT2D eigenvalue weighted by molar-refractivity contribution is -0.127. The second-order valence-corrected chi connectivity index (χ2v) is 9.11. The lowest BCUT2D eigenvalue weighted by Gasteiger charge is -2.15. The van der Waals surface area contributed by atoms with E-state index in [-0.39, 0.29) is 17.7 Å². The van der Waals surface area contributed by atoms with E-state index in [4.69, 9.17) is 12.2 Å². The molecule has 1 aliphatic rings. The predicted octanol–water partition coefficient (Wildman–Crippen LogP) is 1.57. The van der Waals surface area contributed by atoms with Gasteiger partial charge in [-0.15, -0.1) is 0 Å². The van der Waals surface area contributed by atoms with Crippen molar-refractivity contribution in [2.24, 2.45) is 0 Å². The monoisotopic (exact) mass is 372 g/mol. The fraction of sp³-hybridized carbons (Fsp3) is 0.467. The molecule has 0 spiro atoms. The second-order valence-electron chi connectivity index (χ2n) is 5.59. The van der Waals surface area contributed by atoms with Crippen LogP contribution >= 0.6 is 24.0 Å². The number of amides is 1. The minimum absolute atomic E-state index is 0.00395. The summed E-state index contributed by atoms with van der Waals surface area (Å²) in [5.41, 5.74) is 1.66. The summed E-state index contributed by atoms with van der Waals surface area (Å²) >= 11 is 6.95. The van der Waals surface area contributed by atoms with Crippen LogP contribution in [0.1, 0.15) is 17.5 Å².